The molecule has 1 amide bonds. The quantitative estimate of drug-likeness (QED) is 0.638. The molecule has 2 rings (SSSR count). The molecule has 5 nitrogen and oxygen atoms in total. The number of carbonyl (C=O) groups excluding carboxylic acids is 1. The highest BCUT2D eigenvalue weighted by atomic mass is 35.5. The largest absolute Gasteiger partial charge is 0.497 e. The van der Waals surface area contributed by atoms with Crippen molar-refractivity contribution < 1.29 is 14.3 Å². The van der Waals surface area contributed by atoms with Gasteiger partial charge in [0.15, 0.2) is 6.61 Å². The predicted molar refractivity (Wildman–Crippen MR) is 90.7 cm³/mol. The predicted octanol–water partition coefficient (Wildman–Crippen LogP) is 3.53. The average molecular weight is 353 g/mol. The zero-order valence-electron chi connectivity index (χ0n) is 12.3. The topological polar surface area (TPSA) is 59.9 Å². The fourth-order valence-electron chi connectivity index (χ4n) is 1.67. The van der Waals surface area contributed by atoms with Crippen molar-refractivity contribution in [1.82, 2.24) is 5.43 Å². The molecule has 0 spiro atoms. The Morgan fingerprint density at radius 1 is 1.22 bits per heavy atom. The molecule has 0 saturated heterocycles. The fourth-order valence-corrected chi connectivity index (χ4v) is 2.02. The molecule has 7 heteroatoms. The normalized spacial score (nSPS) is 10.6. The highest BCUT2D eigenvalue weighted by Crippen LogP contribution is 2.24. The van der Waals surface area contributed by atoms with E-state index in [4.69, 9.17) is 32.7 Å². The number of hydrogen-bond donors (Lipinski definition) is 1. The highest BCUT2D eigenvalue weighted by molar-refractivity contribution is 6.43. The van der Waals surface area contributed by atoms with Gasteiger partial charge < -0.3 is 9.47 Å². The van der Waals surface area contributed by atoms with Crippen LogP contribution in [0.3, 0.4) is 0 Å². The minimum atomic E-state index is -0.401. The number of hydrazone groups is 1. The van der Waals surface area contributed by atoms with Crippen LogP contribution >= 0.6 is 23.2 Å². The molecule has 0 unspecified atom stereocenters. The second kappa shape index (κ2) is 8.41. The summed E-state index contributed by atoms with van der Waals surface area (Å²) in [6.45, 7) is -0.173. The molecule has 0 fully saturated rings. The summed E-state index contributed by atoms with van der Waals surface area (Å²) in [6.07, 6.45) is 1.41. The van der Waals surface area contributed by atoms with Crippen LogP contribution in [0, 0.1) is 0 Å². The van der Waals surface area contributed by atoms with E-state index in [1.165, 1.54) is 6.21 Å². The molecule has 0 aliphatic carbocycles. The van der Waals surface area contributed by atoms with Gasteiger partial charge in [-0.25, -0.2) is 5.43 Å². The van der Waals surface area contributed by atoms with Gasteiger partial charge in [0, 0.05) is 11.6 Å². The molecule has 0 bridgehead atoms. The Bertz CT molecular complexity index is 720. The lowest BCUT2D eigenvalue weighted by Crippen LogP contribution is -2.24. The number of nitrogens with one attached hydrogen (secondary N) is 1. The number of halogens is 2. The van der Waals surface area contributed by atoms with E-state index in [0.29, 0.717) is 27.1 Å². The summed E-state index contributed by atoms with van der Waals surface area (Å²) in [5.41, 5.74) is 2.95. The first kappa shape index (κ1) is 17.1. The number of benzene rings is 2. The smallest absolute Gasteiger partial charge is 0.277 e. The van der Waals surface area contributed by atoms with Gasteiger partial charge in [0.05, 0.1) is 23.4 Å². The van der Waals surface area contributed by atoms with Crippen LogP contribution in [0.4, 0.5) is 0 Å². The van der Waals surface area contributed by atoms with Gasteiger partial charge in [-0.15, -0.1) is 0 Å². The molecule has 120 valence electrons. The van der Waals surface area contributed by atoms with E-state index in [1.54, 1.807) is 49.6 Å². The van der Waals surface area contributed by atoms with Crippen molar-refractivity contribution >= 4 is 35.3 Å². The van der Waals surface area contributed by atoms with E-state index < -0.39 is 5.91 Å². The number of ether oxygens (including phenoxy) is 2. The summed E-state index contributed by atoms with van der Waals surface area (Å²) in [4.78, 5) is 11.7. The lowest BCUT2D eigenvalue weighted by Gasteiger charge is -2.06. The standard InChI is InChI=1S/C16H14Cl2N2O3/c1-22-12-5-3-6-13(8-12)23-10-15(21)20-19-9-11-4-2-7-14(17)16(11)18/h2-9H,10H2,1H3,(H,20,21)/b19-9+. The second-order valence-electron chi connectivity index (χ2n) is 4.40. The van der Waals surface area contributed by atoms with Crippen molar-refractivity contribution in [2.45, 2.75) is 0 Å². The van der Waals surface area contributed by atoms with Gasteiger partial charge in [-0.2, -0.15) is 5.10 Å². The molecule has 0 aliphatic heterocycles. The number of nitrogens with zero attached hydrogens (tertiary/aromatic N) is 1. The third-order valence-corrected chi connectivity index (χ3v) is 3.62. The average Bonchev–Trinajstić information content (AvgIpc) is 2.57. The van der Waals surface area contributed by atoms with E-state index in [9.17, 15) is 4.79 Å². The molecule has 1 N–H and O–H groups in total. The molecule has 23 heavy (non-hydrogen) atoms. The molecular weight excluding hydrogens is 339 g/mol. The maximum atomic E-state index is 11.7. The highest BCUT2D eigenvalue weighted by Gasteiger charge is 2.04. The third kappa shape index (κ3) is 5.16. The van der Waals surface area contributed by atoms with Gasteiger partial charge in [0.1, 0.15) is 11.5 Å². The first-order valence-corrected chi connectivity index (χ1v) is 7.38. The summed E-state index contributed by atoms with van der Waals surface area (Å²) >= 11 is 11.9. The summed E-state index contributed by atoms with van der Waals surface area (Å²) in [5.74, 6) is 0.778. The van der Waals surface area contributed by atoms with Crippen molar-refractivity contribution in [2.75, 3.05) is 13.7 Å². The van der Waals surface area contributed by atoms with E-state index in [1.807, 2.05) is 0 Å². The van der Waals surface area contributed by atoms with Crippen molar-refractivity contribution in [1.29, 1.82) is 0 Å². The molecule has 2 aromatic carbocycles. The number of carbonyl (C=O) groups is 1. The van der Waals surface area contributed by atoms with Gasteiger partial charge in [-0.1, -0.05) is 41.4 Å². The van der Waals surface area contributed by atoms with Crippen molar-refractivity contribution in [3.05, 3.63) is 58.1 Å². The van der Waals surface area contributed by atoms with Crippen molar-refractivity contribution in [2.24, 2.45) is 5.10 Å². The number of hydrogen-bond acceptors (Lipinski definition) is 4. The molecule has 0 saturated carbocycles. The first-order valence-electron chi connectivity index (χ1n) is 6.63. The number of rotatable bonds is 6. The molecule has 0 radical (unpaired) electrons. The Morgan fingerprint density at radius 3 is 2.74 bits per heavy atom. The Kier molecular flexibility index (Phi) is 6.26. The van der Waals surface area contributed by atoms with Gasteiger partial charge in [0.2, 0.25) is 0 Å². The maximum absolute atomic E-state index is 11.7. The fraction of sp³-hybridized carbons (Fsp3) is 0.125. The van der Waals surface area contributed by atoms with Crippen LogP contribution in [0.5, 0.6) is 11.5 Å². The van der Waals surface area contributed by atoms with Crippen LogP contribution in [-0.4, -0.2) is 25.8 Å². The van der Waals surface area contributed by atoms with Gasteiger partial charge in [0.25, 0.3) is 5.91 Å². The van der Waals surface area contributed by atoms with Crippen molar-refractivity contribution in [3.8, 4) is 11.5 Å². The van der Waals surface area contributed by atoms with Crippen molar-refractivity contribution in [3.63, 3.8) is 0 Å². The molecular formula is C16H14Cl2N2O3. The molecule has 0 aromatic heterocycles. The number of methoxy groups -OCH3 is 1. The Labute approximate surface area is 143 Å². The van der Waals surface area contributed by atoms with Crippen LogP contribution in [-0.2, 0) is 4.79 Å². The van der Waals surface area contributed by atoms with Gasteiger partial charge >= 0.3 is 0 Å². The van der Waals surface area contributed by atoms with Crippen LogP contribution in [0.25, 0.3) is 0 Å². The van der Waals surface area contributed by atoms with E-state index >= 15 is 0 Å². The second-order valence-corrected chi connectivity index (χ2v) is 5.19. The van der Waals surface area contributed by atoms with E-state index in [2.05, 4.69) is 10.5 Å². The monoisotopic (exact) mass is 352 g/mol. The van der Waals surface area contributed by atoms with Gasteiger partial charge in [-0.05, 0) is 18.2 Å². The molecule has 2 aromatic rings. The first-order chi connectivity index (χ1) is 11.1. The summed E-state index contributed by atoms with van der Waals surface area (Å²) in [5, 5.41) is 4.61. The SMILES string of the molecule is COc1cccc(OCC(=O)N/N=C/c2cccc(Cl)c2Cl)c1. The lowest BCUT2D eigenvalue weighted by molar-refractivity contribution is -0.123. The zero-order valence-corrected chi connectivity index (χ0v) is 13.8. The molecule has 0 atom stereocenters. The Hall–Kier alpha value is -2.24. The minimum absolute atomic E-state index is 0.173. The summed E-state index contributed by atoms with van der Waals surface area (Å²) in [6, 6.07) is 12.1. The summed E-state index contributed by atoms with van der Waals surface area (Å²) in [7, 11) is 1.56. The minimum Gasteiger partial charge on any atom is -0.497 e. The van der Waals surface area contributed by atoms with E-state index in [0.717, 1.165) is 0 Å². The lowest BCUT2D eigenvalue weighted by atomic mass is 10.2. The molecule has 0 heterocycles. The van der Waals surface area contributed by atoms with Crippen LogP contribution in [0.1, 0.15) is 5.56 Å². The number of amides is 1. The van der Waals surface area contributed by atoms with Crippen LogP contribution in [0.2, 0.25) is 10.0 Å². The summed E-state index contributed by atoms with van der Waals surface area (Å²) < 4.78 is 10.4. The third-order valence-electron chi connectivity index (χ3n) is 2.79. The zero-order chi connectivity index (χ0) is 16.7. The van der Waals surface area contributed by atoms with Gasteiger partial charge in [-0.3, -0.25) is 4.79 Å². The maximum Gasteiger partial charge on any atom is 0.277 e. The van der Waals surface area contributed by atoms with E-state index in [-0.39, 0.29) is 6.61 Å². The van der Waals surface area contributed by atoms with Crippen LogP contribution < -0.4 is 14.9 Å². The Morgan fingerprint density at radius 2 is 1.96 bits per heavy atom. The molecule has 0 aliphatic rings. The Balaban J connectivity index is 1.85. The van der Waals surface area contributed by atoms with Crippen LogP contribution in [0.15, 0.2) is 47.6 Å².